The highest BCUT2D eigenvalue weighted by molar-refractivity contribution is 5.91. The number of carbonyl (C=O) groups excluding carboxylic acids is 1. The highest BCUT2D eigenvalue weighted by Gasteiger charge is 2.58. The summed E-state index contributed by atoms with van der Waals surface area (Å²) in [4.78, 5) is 16.9. The van der Waals surface area contributed by atoms with Crippen molar-refractivity contribution >= 4 is 5.78 Å². The number of aromatic nitrogens is 3. The number of rotatable bonds is 2. The van der Waals surface area contributed by atoms with Gasteiger partial charge in [0.15, 0.2) is 6.10 Å². The van der Waals surface area contributed by atoms with E-state index in [4.69, 9.17) is 4.74 Å². The van der Waals surface area contributed by atoms with Crippen LogP contribution in [0.3, 0.4) is 0 Å². The van der Waals surface area contributed by atoms with Gasteiger partial charge in [0.05, 0.1) is 0 Å². The van der Waals surface area contributed by atoms with Crippen molar-refractivity contribution in [2.75, 3.05) is 0 Å². The summed E-state index contributed by atoms with van der Waals surface area (Å²) in [5.41, 5.74) is -1.75. The molecular formula is C15H17N3O3. The molecule has 1 aromatic carbocycles. The molecule has 0 amide bonds. The van der Waals surface area contributed by atoms with Crippen LogP contribution >= 0.6 is 0 Å². The van der Waals surface area contributed by atoms with Crippen molar-refractivity contribution in [3.05, 3.63) is 42.5 Å². The third kappa shape index (κ3) is 1.86. The molecule has 1 aliphatic heterocycles. The summed E-state index contributed by atoms with van der Waals surface area (Å²) < 4.78 is 7.20. The molecule has 0 aliphatic carbocycles. The first-order valence-corrected chi connectivity index (χ1v) is 6.73. The Balaban J connectivity index is 2.20. The zero-order valence-electron chi connectivity index (χ0n) is 12.1. The minimum Gasteiger partial charge on any atom is -0.455 e. The number of para-hydroxylation sites is 1. The Labute approximate surface area is 122 Å². The number of carbonyl (C=O) groups is 1. The summed E-state index contributed by atoms with van der Waals surface area (Å²) >= 11 is 0. The second-order valence-electron chi connectivity index (χ2n) is 6.16. The number of nitrogens with zero attached hydrogens (tertiary/aromatic N) is 3. The topological polar surface area (TPSA) is 77.2 Å². The van der Waals surface area contributed by atoms with Crippen LogP contribution in [0.2, 0.25) is 0 Å². The zero-order chi connectivity index (χ0) is 15.3. The third-order valence-electron chi connectivity index (χ3n) is 3.62. The summed E-state index contributed by atoms with van der Waals surface area (Å²) in [7, 11) is 0. The standard InChI is InChI=1S/C15H17N3O3/c1-14(2,3)13(20)15(18-9-16-8-17-18)12(19)10-6-4-5-7-11(10)21-15/h4-9,12,19H,1-3H3/t12-,15-/m1/s1. The molecular weight excluding hydrogens is 270 g/mol. The number of aliphatic hydroxyl groups excluding tert-OH is 1. The van der Waals surface area contributed by atoms with E-state index in [1.54, 1.807) is 45.0 Å². The van der Waals surface area contributed by atoms with E-state index in [-0.39, 0.29) is 5.78 Å². The van der Waals surface area contributed by atoms with Gasteiger partial charge in [0.1, 0.15) is 18.4 Å². The van der Waals surface area contributed by atoms with E-state index in [0.717, 1.165) is 0 Å². The van der Waals surface area contributed by atoms with E-state index in [0.29, 0.717) is 11.3 Å². The van der Waals surface area contributed by atoms with Crippen molar-refractivity contribution in [1.82, 2.24) is 14.8 Å². The molecule has 6 nitrogen and oxygen atoms in total. The van der Waals surface area contributed by atoms with Crippen molar-refractivity contribution in [3.8, 4) is 5.75 Å². The van der Waals surface area contributed by atoms with Crippen molar-refractivity contribution in [2.45, 2.75) is 32.6 Å². The van der Waals surface area contributed by atoms with Gasteiger partial charge in [0.2, 0.25) is 5.78 Å². The predicted octanol–water partition coefficient (Wildman–Crippen LogP) is 1.67. The van der Waals surface area contributed by atoms with E-state index in [1.807, 2.05) is 0 Å². The molecule has 110 valence electrons. The highest BCUT2D eigenvalue weighted by Crippen LogP contribution is 2.48. The molecule has 2 heterocycles. The monoisotopic (exact) mass is 287 g/mol. The van der Waals surface area contributed by atoms with Crippen LogP contribution < -0.4 is 4.74 Å². The lowest BCUT2D eigenvalue weighted by molar-refractivity contribution is -0.167. The van der Waals surface area contributed by atoms with Gasteiger partial charge in [-0.05, 0) is 6.07 Å². The maximum atomic E-state index is 13.0. The van der Waals surface area contributed by atoms with Gasteiger partial charge >= 0.3 is 0 Å². The predicted molar refractivity (Wildman–Crippen MR) is 74.5 cm³/mol. The quantitative estimate of drug-likeness (QED) is 0.909. The molecule has 6 heteroatoms. The molecule has 0 bridgehead atoms. The molecule has 2 atom stereocenters. The lowest BCUT2D eigenvalue weighted by atomic mass is 9.81. The van der Waals surface area contributed by atoms with Crippen molar-refractivity contribution in [2.24, 2.45) is 5.41 Å². The molecule has 0 radical (unpaired) electrons. The third-order valence-corrected chi connectivity index (χ3v) is 3.62. The van der Waals surface area contributed by atoms with Gasteiger partial charge in [-0.25, -0.2) is 9.67 Å². The first-order valence-electron chi connectivity index (χ1n) is 6.73. The lowest BCUT2D eigenvalue weighted by Crippen LogP contribution is -2.53. The zero-order valence-corrected chi connectivity index (χ0v) is 12.1. The molecule has 0 saturated carbocycles. The Bertz CT molecular complexity index is 676. The lowest BCUT2D eigenvalue weighted by Gasteiger charge is -2.35. The van der Waals surface area contributed by atoms with E-state index in [1.165, 1.54) is 17.3 Å². The van der Waals surface area contributed by atoms with Crippen LogP contribution in [0.1, 0.15) is 32.4 Å². The molecule has 0 unspecified atom stereocenters. The molecule has 1 aromatic heterocycles. The highest BCUT2D eigenvalue weighted by atomic mass is 16.5. The minimum absolute atomic E-state index is 0.260. The number of aliphatic hydroxyl groups is 1. The van der Waals surface area contributed by atoms with Gasteiger partial charge in [0, 0.05) is 11.0 Å². The fourth-order valence-corrected chi connectivity index (χ4v) is 2.60. The average Bonchev–Trinajstić information content (AvgIpc) is 3.05. The smallest absolute Gasteiger partial charge is 0.292 e. The SMILES string of the molecule is CC(C)(C)C(=O)[C@]1(n2cncn2)Oc2ccccc2[C@H]1O. The van der Waals surface area contributed by atoms with Gasteiger partial charge in [0.25, 0.3) is 5.72 Å². The van der Waals surface area contributed by atoms with Gasteiger partial charge in [-0.2, -0.15) is 5.10 Å². The van der Waals surface area contributed by atoms with Gasteiger partial charge in [-0.15, -0.1) is 0 Å². The molecule has 0 saturated heterocycles. The molecule has 21 heavy (non-hydrogen) atoms. The fraction of sp³-hybridized carbons (Fsp3) is 0.400. The van der Waals surface area contributed by atoms with Gasteiger partial charge < -0.3 is 9.84 Å². The Morgan fingerprint density at radius 1 is 1.38 bits per heavy atom. The normalized spacial score (nSPS) is 24.5. The van der Waals surface area contributed by atoms with Crippen LogP contribution in [0.15, 0.2) is 36.9 Å². The molecule has 2 aromatic rings. The Morgan fingerprint density at radius 3 is 2.67 bits per heavy atom. The Hall–Kier alpha value is -2.21. The molecule has 0 spiro atoms. The van der Waals surface area contributed by atoms with E-state index in [9.17, 15) is 9.90 Å². The first kappa shape index (κ1) is 13.8. The number of fused-ring (bicyclic) bond motifs is 1. The summed E-state index contributed by atoms with van der Waals surface area (Å²) in [5, 5.41) is 14.8. The number of ketones is 1. The van der Waals surface area contributed by atoms with Gasteiger partial charge in [-0.3, -0.25) is 4.79 Å². The summed E-state index contributed by atoms with van der Waals surface area (Å²) in [5.74, 6) is 0.224. The van der Waals surface area contributed by atoms with Crippen LogP contribution in [0.5, 0.6) is 5.75 Å². The van der Waals surface area contributed by atoms with Crippen molar-refractivity contribution in [1.29, 1.82) is 0 Å². The Morgan fingerprint density at radius 2 is 2.10 bits per heavy atom. The molecule has 1 N–H and O–H groups in total. The van der Waals surface area contributed by atoms with E-state index < -0.39 is 17.2 Å². The number of hydrogen-bond donors (Lipinski definition) is 1. The van der Waals surface area contributed by atoms with Crippen LogP contribution in [0.4, 0.5) is 0 Å². The van der Waals surface area contributed by atoms with E-state index >= 15 is 0 Å². The number of hydrogen-bond acceptors (Lipinski definition) is 5. The molecule has 1 aliphatic rings. The van der Waals surface area contributed by atoms with Crippen molar-refractivity contribution in [3.63, 3.8) is 0 Å². The summed E-state index contributed by atoms with van der Waals surface area (Å²) in [6.45, 7) is 5.35. The van der Waals surface area contributed by atoms with Crippen molar-refractivity contribution < 1.29 is 14.6 Å². The minimum atomic E-state index is -1.61. The average molecular weight is 287 g/mol. The van der Waals surface area contributed by atoms with Crippen LogP contribution in [-0.2, 0) is 10.5 Å². The second kappa shape index (κ2) is 4.39. The van der Waals surface area contributed by atoms with Crippen LogP contribution in [0, 0.1) is 5.41 Å². The maximum Gasteiger partial charge on any atom is 0.292 e. The summed E-state index contributed by atoms with van der Waals surface area (Å²) in [6.07, 6.45) is 1.57. The Kier molecular flexibility index (Phi) is 2.88. The number of benzene rings is 1. The van der Waals surface area contributed by atoms with Gasteiger partial charge in [-0.1, -0.05) is 39.0 Å². The first-order chi connectivity index (χ1) is 9.87. The molecule has 3 rings (SSSR count). The molecule has 0 fully saturated rings. The fourth-order valence-electron chi connectivity index (χ4n) is 2.60. The largest absolute Gasteiger partial charge is 0.455 e. The number of ether oxygens (including phenoxy) is 1. The maximum absolute atomic E-state index is 13.0. The second-order valence-corrected chi connectivity index (χ2v) is 6.16. The number of Topliss-reactive ketones (excluding diaryl/α,β-unsaturated/α-hetero) is 1. The van der Waals surface area contributed by atoms with Crippen LogP contribution in [-0.4, -0.2) is 25.7 Å². The van der Waals surface area contributed by atoms with E-state index in [2.05, 4.69) is 10.1 Å². The summed E-state index contributed by atoms with van der Waals surface area (Å²) in [6, 6.07) is 7.07. The van der Waals surface area contributed by atoms with Crippen LogP contribution in [0.25, 0.3) is 0 Å².